The number of hydrogen-bond acceptors (Lipinski definition) is 3. The molecule has 0 spiro atoms. The molecule has 0 aliphatic carbocycles. The van der Waals surface area contributed by atoms with E-state index in [1.165, 1.54) is 5.56 Å². The Morgan fingerprint density at radius 3 is 2.52 bits per heavy atom. The quantitative estimate of drug-likeness (QED) is 0.836. The highest BCUT2D eigenvalue weighted by molar-refractivity contribution is 6.30. The largest absolute Gasteiger partial charge is 0.399 e. The van der Waals surface area contributed by atoms with E-state index in [0.717, 1.165) is 49.0 Å². The van der Waals surface area contributed by atoms with Crippen LogP contribution in [-0.2, 0) is 17.8 Å². The summed E-state index contributed by atoms with van der Waals surface area (Å²) in [6, 6.07) is 15.7. The molecule has 1 aliphatic heterocycles. The van der Waals surface area contributed by atoms with Crippen LogP contribution in [0.3, 0.4) is 0 Å². The number of nitrogens with zero attached hydrogens (tertiary/aromatic N) is 2. The van der Waals surface area contributed by atoms with Crippen molar-refractivity contribution in [1.29, 1.82) is 0 Å². The molecule has 1 saturated heterocycles. The predicted molar refractivity (Wildman–Crippen MR) is 102 cm³/mol. The Hall–Kier alpha value is -2.04. The number of aryl methyl sites for hydroxylation is 1. The van der Waals surface area contributed by atoms with Crippen LogP contribution in [0.4, 0.5) is 5.69 Å². The van der Waals surface area contributed by atoms with Crippen LogP contribution >= 0.6 is 11.6 Å². The average Bonchev–Trinajstić information content (AvgIpc) is 2.61. The van der Waals surface area contributed by atoms with Gasteiger partial charge in [0.15, 0.2) is 0 Å². The SMILES string of the molecule is Nc1ccccc1CCC(=O)N1CCN(Cc2cccc(Cl)c2)CC1. The van der Waals surface area contributed by atoms with Crippen molar-refractivity contribution in [2.45, 2.75) is 19.4 Å². The van der Waals surface area contributed by atoms with Crippen molar-refractivity contribution in [3.05, 3.63) is 64.7 Å². The van der Waals surface area contributed by atoms with Crippen LogP contribution in [0.1, 0.15) is 17.5 Å². The lowest BCUT2D eigenvalue weighted by molar-refractivity contribution is -0.132. The highest BCUT2D eigenvalue weighted by Crippen LogP contribution is 2.16. The number of piperazine rings is 1. The molecule has 132 valence electrons. The van der Waals surface area contributed by atoms with Crippen molar-refractivity contribution in [1.82, 2.24) is 9.80 Å². The zero-order chi connectivity index (χ0) is 17.6. The number of nitrogen functional groups attached to an aromatic ring is 1. The highest BCUT2D eigenvalue weighted by atomic mass is 35.5. The van der Waals surface area contributed by atoms with E-state index in [1.807, 2.05) is 47.4 Å². The van der Waals surface area contributed by atoms with E-state index in [4.69, 9.17) is 17.3 Å². The predicted octanol–water partition coefficient (Wildman–Crippen LogP) is 3.20. The third kappa shape index (κ3) is 4.97. The molecule has 1 fully saturated rings. The fourth-order valence-corrected chi connectivity index (χ4v) is 3.42. The minimum absolute atomic E-state index is 0.214. The first-order valence-corrected chi connectivity index (χ1v) is 9.07. The Kier molecular flexibility index (Phi) is 5.95. The van der Waals surface area contributed by atoms with Crippen LogP contribution in [0.5, 0.6) is 0 Å². The number of amides is 1. The summed E-state index contributed by atoms with van der Waals surface area (Å²) in [5.41, 5.74) is 8.98. The van der Waals surface area contributed by atoms with Gasteiger partial charge >= 0.3 is 0 Å². The zero-order valence-electron chi connectivity index (χ0n) is 14.3. The van der Waals surface area contributed by atoms with Gasteiger partial charge in [-0.05, 0) is 35.7 Å². The second-order valence-electron chi connectivity index (χ2n) is 6.49. The maximum atomic E-state index is 12.4. The van der Waals surface area contributed by atoms with Gasteiger partial charge < -0.3 is 10.6 Å². The van der Waals surface area contributed by atoms with Gasteiger partial charge in [-0.3, -0.25) is 9.69 Å². The summed E-state index contributed by atoms with van der Waals surface area (Å²) in [5.74, 6) is 0.214. The third-order valence-corrected chi connectivity index (χ3v) is 4.92. The van der Waals surface area contributed by atoms with Gasteiger partial charge in [-0.15, -0.1) is 0 Å². The van der Waals surface area contributed by atoms with Gasteiger partial charge in [-0.2, -0.15) is 0 Å². The Labute approximate surface area is 154 Å². The van der Waals surface area contributed by atoms with Crippen molar-refractivity contribution in [3.63, 3.8) is 0 Å². The lowest BCUT2D eigenvalue weighted by Crippen LogP contribution is -2.48. The second kappa shape index (κ2) is 8.37. The van der Waals surface area contributed by atoms with Gasteiger partial charge in [0, 0.05) is 49.9 Å². The molecule has 0 atom stereocenters. The fraction of sp³-hybridized carbons (Fsp3) is 0.350. The highest BCUT2D eigenvalue weighted by Gasteiger charge is 2.21. The van der Waals surface area contributed by atoms with Crippen molar-refractivity contribution in [3.8, 4) is 0 Å². The molecular weight excluding hydrogens is 334 g/mol. The molecular formula is C20H24ClN3O. The number of para-hydroxylation sites is 1. The van der Waals surface area contributed by atoms with Gasteiger partial charge in [0.25, 0.3) is 0 Å². The van der Waals surface area contributed by atoms with Gasteiger partial charge in [-0.25, -0.2) is 0 Å². The van der Waals surface area contributed by atoms with Gasteiger partial charge in [0.05, 0.1) is 0 Å². The third-order valence-electron chi connectivity index (χ3n) is 4.68. The molecule has 5 heteroatoms. The van der Waals surface area contributed by atoms with Crippen LogP contribution < -0.4 is 5.73 Å². The Bertz CT molecular complexity index is 726. The molecule has 3 rings (SSSR count). The van der Waals surface area contributed by atoms with E-state index >= 15 is 0 Å². The van der Waals surface area contributed by atoms with Crippen LogP contribution in [0.2, 0.25) is 5.02 Å². The number of anilines is 1. The Morgan fingerprint density at radius 2 is 1.80 bits per heavy atom. The number of nitrogens with two attached hydrogens (primary N) is 1. The average molecular weight is 358 g/mol. The molecule has 4 nitrogen and oxygen atoms in total. The molecule has 1 amide bonds. The molecule has 0 unspecified atom stereocenters. The monoisotopic (exact) mass is 357 g/mol. The van der Waals surface area contributed by atoms with Gasteiger partial charge in [-0.1, -0.05) is 41.9 Å². The number of rotatable bonds is 5. The molecule has 1 aliphatic rings. The van der Waals surface area contributed by atoms with Gasteiger partial charge in [0.2, 0.25) is 5.91 Å². The lowest BCUT2D eigenvalue weighted by Gasteiger charge is -2.35. The second-order valence-corrected chi connectivity index (χ2v) is 6.92. The summed E-state index contributed by atoms with van der Waals surface area (Å²) in [6.45, 7) is 4.23. The minimum atomic E-state index is 0.214. The summed E-state index contributed by atoms with van der Waals surface area (Å²) in [5, 5.41) is 0.770. The maximum Gasteiger partial charge on any atom is 0.222 e. The normalized spacial score (nSPS) is 15.3. The van der Waals surface area contributed by atoms with E-state index in [1.54, 1.807) is 0 Å². The summed E-state index contributed by atoms with van der Waals surface area (Å²) in [7, 11) is 0. The zero-order valence-corrected chi connectivity index (χ0v) is 15.1. The summed E-state index contributed by atoms with van der Waals surface area (Å²) >= 11 is 6.04. The molecule has 0 radical (unpaired) electrons. The first-order chi connectivity index (χ1) is 12.1. The number of hydrogen-bond donors (Lipinski definition) is 1. The first kappa shape index (κ1) is 17.8. The molecule has 2 N–H and O–H groups in total. The van der Waals surface area contributed by atoms with Crippen molar-refractivity contribution in [2.24, 2.45) is 0 Å². The number of halogens is 1. The molecule has 2 aromatic rings. The molecule has 1 heterocycles. The minimum Gasteiger partial charge on any atom is -0.399 e. The van der Waals surface area contributed by atoms with Crippen LogP contribution in [-0.4, -0.2) is 41.9 Å². The smallest absolute Gasteiger partial charge is 0.222 e. The number of benzene rings is 2. The first-order valence-electron chi connectivity index (χ1n) is 8.70. The standard InChI is InChI=1S/C20H24ClN3O/c21-18-6-3-4-16(14-18)15-23-10-12-24(13-11-23)20(25)9-8-17-5-1-2-7-19(17)22/h1-7,14H,8-13,15,22H2. The van der Waals surface area contributed by atoms with Crippen molar-refractivity contribution >= 4 is 23.2 Å². The summed E-state index contributed by atoms with van der Waals surface area (Å²) < 4.78 is 0. The van der Waals surface area contributed by atoms with E-state index in [2.05, 4.69) is 11.0 Å². The van der Waals surface area contributed by atoms with Crippen molar-refractivity contribution in [2.75, 3.05) is 31.9 Å². The number of carbonyl (C=O) groups is 1. The van der Waals surface area contributed by atoms with E-state index < -0.39 is 0 Å². The Balaban J connectivity index is 1.45. The van der Waals surface area contributed by atoms with E-state index in [0.29, 0.717) is 12.8 Å². The topological polar surface area (TPSA) is 49.6 Å². The molecule has 0 aromatic heterocycles. The molecule has 25 heavy (non-hydrogen) atoms. The van der Waals surface area contributed by atoms with Crippen molar-refractivity contribution < 1.29 is 4.79 Å². The summed E-state index contributed by atoms with van der Waals surface area (Å²) in [4.78, 5) is 16.8. The van der Waals surface area contributed by atoms with Gasteiger partial charge in [0.1, 0.15) is 0 Å². The maximum absolute atomic E-state index is 12.4. The van der Waals surface area contributed by atoms with Crippen LogP contribution in [0, 0.1) is 0 Å². The number of carbonyl (C=O) groups excluding carboxylic acids is 1. The fourth-order valence-electron chi connectivity index (χ4n) is 3.21. The summed E-state index contributed by atoms with van der Waals surface area (Å²) in [6.07, 6.45) is 1.22. The molecule has 2 aromatic carbocycles. The van der Waals surface area contributed by atoms with E-state index in [-0.39, 0.29) is 5.91 Å². The van der Waals surface area contributed by atoms with E-state index in [9.17, 15) is 4.79 Å². The molecule has 0 bridgehead atoms. The lowest BCUT2D eigenvalue weighted by atomic mass is 10.1. The Morgan fingerprint density at radius 1 is 1.04 bits per heavy atom. The van der Waals surface area contributed by atoms with Crippen LogP contribution in [0.15, 0.2) is 48.5 Å². The molecule has 0 saturated carbocycles. The van der Waals surface area contributed by atoms with Crippen LogP contribution in [0.25, 0.3) is 0 Å².